The summed E-state index contributed by atoms with van der Waals surface area (Å²) in [6, 6.07) is 7.27. The average Bonchev–Trinajstić information content (AvgIpc) is 2.83. The highest BCUT2D eigenvalue weighted by molar-refractivity contribution is 5.86. The predicted molar refractivity (Wildman–Crippen MR) is 78.8 cm³/mol. The monoisotopic (exact) mass is 289 g/mol. The minimum Gasteiger partial charge on any atom is -0.491 e. The molecule has 2 rings (SSSR count). The quantitative estimate of drug-likeness (QED) is 0.902. The third-order valence-electron chi connectivity index (χ3n) is 2.85. The Morgan fingerprint density at radius 2 is 2.00 bits per heavy atom. The highest BCUT2D eigenvalue weighted by Crippen LogP contribution is 2.28. The minimum absolute atomic E-state index is 0.0244. The molecule has 0 unspecified atom stereocenters. The Labute approximate surface area is 123 Å². The second-order valence-corrected chi connectivity index (χ2v) is 5.39. The van der Waals surface area contributed by atoms with Gasteiger partial charge >= 0.3 is 5.97 Å². The summed E-state index contributed by atoms with van der Waals surface area (Å²) in [4.78, 5) is 15.5. The van der Waals surface area contributed by atoms with E-state index >= 15 is 0 Å². The molecule has 112 valence electrons. The first-order valence-electron chi connectivity index (χ1n) is 6.89. The predicted octanol–water partition coefficient (Wildman–Crippen LogP) is 3.95. The molecule has 21 heavy (non-hydrogen) atoms. The van der Waals surface area contributed by atoms with E-state index in [1.165, 1.54) is 0 Å². The van der Waals surface area contributed by atoms with Crippen molar-refractivity contribution in [2.45, 2.75) is 39.7 Å². The summed E-state index contributed by atoms with van der Waals surface area (Å²) in [6.45, 7) is 7.65. The summed E-state index contributed by atoms with van der Waals surface area (Å²) in [7, 11) is 0. The van der Waals surface area contributed by atoms with Crippen molar-refractivity contribution in [3.8, 4) is 17.2 Å². The number of ether oxygens (including phenoxy) is 1. The standard InChI is InChI=1S/C16H19NO4/c1-9(2)13-14(16(18)19)21-15(17-13)11-6-5-7-12(8-11)20-10(3)4/h5-10H,1-4H3,(H,18,19). The van der Waals surface area contributed by atoms with Crippen molar-refractivity contribution in [3.05, 3.63) is 35.7 Å². The van der Waals surface area contributed by atoms with E-state index in [-0.39, 0.29) is 17.8 Å². The topological polar surface area (TPSA) is 72.6 Å². The van der Waals surface area contributed by atoms with Gasteiger partial charge in [0.1, 0.15) is 5.75 Å². The Kier molecular flexibility index (Phi) is 4.31. The van der Waals surface area contributed by atoms with Gasteiger partial charge in [0, 0.05) is 5.56 Å². The summed E-state index contributed by atoms with van der Waals surface area (Å²) in [5, 5.41) is 9.19. The minimum atomic E-state index is -1.10. The Morgan fingerprint density at radius 1 is 1.29 bits per heavy atom. The smallest absolute Gasteiger partial charge is 0.373 e. The second kappa shape index (κ2) is 5.99. The number of carboxylic acids is 1. The van der Waals surface area contributed by atoms with Gasteiger partial charge in [-0.3, -0.25) is 0 Å². The molecule has 0 amide bonds. The van der Waals surface area contributed by atoms with Crippen molar-refractivity contribution in [2.24, 2.45) is 0 Å². The molecule has 0 atom stereocenters. The second-order valence-electron chi connectivity index (χ2n) is 5.39. The first-order valence-corrected chi connectivity index (χ1v) is 6.89. The molecule has 0 saturated carbocycles. The number of benzene rings is 1. The molecule has 0 aliphatic rings. The van der Waals surface area contributed by atoms with E-state index in [9.17, 15) is 9.90 Å². The molecule has 1 aromatic carbocycles. The number of rotatable bonds is 5. The van der Waals surface area contributed by atoms with E-state index in [1.54, 1.807) is 6.07 Å². The fraction of sp³-hybridized carbons (Fsp3) is 0.375. The number of aromatic nitrogens is 1. The molecule has 1 aromatic heterocycles. The lowest BCUT2D eigenvalue weighted by Crippen LogP contribution is -2.05. The van der Waals surface area contributed by atoms with E-state index in [0.29, 0.717) is 22.9 Å². The Bertz CT molecular complexity index is 643. The molecule has 5 nitrogen and oxygen atoms in total. The molecule has 2 aromatic rings. The fourth-order valence-electron chi connectivity index (χ4n) is 1.97. The number of aromatic carboxylic acids is 1. The highest BCUT2D eigenvalue weighted by Gasteiger charge is 2.22. The summed E-state index contributed by atoms with van der Waals surface area (Å²) < 4.78 is 11.0. The zero-order valence-corrected chi connectivity index (χ0v) is 12.6. The number of hydrogen-bond donors (Lipinski definition) is 1. The fourth-order valence-corrected chi connectivity index (χ4v) is 1.97. The maximum atomic E-state index is 11.2. The van der Waals surface area contributed by atoms with Crippen LogP contribution in [0.15, 0.2) is 28.7 Å². The van der Waals surface area contributed by atoms with Crippen LogP contribution in [0.5, 0.6) is 5.75 Å². The zero-order valence-electron chi connectivity index (χ0n) is 12.6. The van der Waals surface area contributed by atoms with Gasteiger partial charge < -0.3 is 14.3 Å². The van der Waals surface area contributed by atoms with Crippen LogP contribution in [0.25, 0.3) is 11.5 Å². The number of oxazole rings is 1. The first-order chi connectivity index (χ1) is 9.88. The molecule has 1 N–H and O–H groups in total. The maximum absolute atomic E-state index is 11.2. The largest absolute Gasteiger partial charge is 0.491 e. The molecular weight excluding hydrogens is 270 g/mol. The lowest BCUT2D eigenvalue weighted by Gasteiger charge is -2.09. The normalized spacial score (nSPS) is 11.1. The Hall–Kier alpha value is -2.30. The van der Waals surface area contributed by atoms with E-state index in [2.05, 4.69) is 4.98 Å². The van der Waals surface area contributed by atoms with Gasteiger partial charge in [-0.15, -0.1) is 0 Å². The molecular formula is C16H19NO4. The molecule has 0 aliphatic heterocycles. The zero-order chi connectivity index (χ0) is 15.6. The summed E-state index contributed by atoms with van der Waals surface area (Å²) in [6.07, 6.45) is 0.0608. The molecule has 0 saturated heterocycles. The molecule has 0 bridgehead atoms. The summed E-state index contributed by atoms with van der Waals surface area (Å²) >= 11 is 0. The molecule has 0 aliphatic carbocycles. The number of carboxylic acid groups (broad SMARTS) is 1. The van der Waals surface area contributed by atoms with Crippen LogP contribution in [0.3, 0.4) is 0 Å². The van der Waals surface area contributed by atoms with Gasteiger partial charge in [-0.05, 0) is 38.0 Å². The van der Waals surface area contributed by atoms with Gasteiger partial charge in [-0.2, -0.15) is 0 Å². The van der Waals surface area contributed by atoms with Gasteiger partial charge in [-0.1, -0.05) is 19.9 Å². The lowest BCUT2D eigenvalue weighted by atomic mass is 10.1. The van der Waals surface area contributed by atoms with Gasteiger partial charge in [0.2, 0.25) is 11.7 Å². The van der Waals surface area contributed by atoms with Gasteiger partial charge in [0.05, 0.1) is 11.8 Å². The number of hydrogen-bond acceptors (Lipinski definition) is 4. The third kappa shape index (κ3) is 3.42. The van der Waals surface area contributed by atoms with Crippen molar-refractivity contribution in [1.29, 1.82) is 0 Å². The van der Waals surface area contributed by atoms with Crippen LogP contribution < -0.4 is 4.74 Å². The number of carbonyl (C=O) groups is 1. The van der Waals surface area contributed by atoms with Crippen LogP contribution in [0.1, 0.15) is 49.9 Å². The van der Waals surface area contributed by atoms with Crippen molar-refractivity contribution < 1.29 is 19.1 Å². The molecule has 0 spiro atoms. The summed E-state index contributed by atoms with van der Waals surface area (Å²) in [5.74, 6) is -0.236. The van der Waals surface area contributed by atoms with Crippen LogP contribution in [-0.2, 0) is 0 Å². The van der Waals surface area contributed by atoms with Crippen LogP contribution in [0.4, 0.5) is 0 Å². The molecule has 1 heterocycles. The van der Waals surface area contributed by atoms with E-state index < -0.39 is 5.97 Å². The maximum Gasteiger partial charge on any atom is 0.373 e. The van der Waals surface area contributed by atoms with Gasteiger partial charge in [0.25, 0.3) is 0 Å². The van der Waals surface area contributed by atoms with Gasteiger partial charge in [-0.25, -0.2) is 9.78 Å². The number of nitrogens with zero attached hydrogens (tertiary/aromatic N) is 1. The molecule has 5 heteroatoms. The highest BCUT2D eigenvalue weighted by atomic mass is 16.5. The first kappa shape index (κ1) is 15.1. The lowest BCUT2D eigenvalue weighted by molar-refractivity contribution is 0.0661. The van der Waals surface area contributed by atoms with E-state index in [4.69, 9.17) is 9.15 Å². The van der Waals surface area contributed by atoms with Crippen LogP contribution in [-0.4, -0.2) is 22.2 Å². The van der Waals surface area contributed by atoms with Crippen molar-refractivity contribution in [2.75, 3.05) is 0 Å². The van der Waals surface area contributed by atoms with Crippen molar-refractivity contribution >= 4 is 5.97 Å². The van der Waals surface area contributed by atoms with Crippen LogP contribution in [0.2, 0.25) is 0 Å². The van der Waals surface area contributed by atoms with Gasteiger partial charge in [0.15, 0.2) is 0 Å². The Balaban J connectivity index is 2.42. The van der Waals surface area contributed by atoms with E-state index in [1.807, 2.05) is 45.9 Å². The molecule has 0 fully saturated rings. The third-order valence-corrected chi connectivity index (χ3v) is 2.85. The van der Waals surface area contributed by atoms with Crippen LogP contribution in [0, 0.1) is 0 Å². The SMILES string of the molecule is CC(C)Oc1cccc(-c2nc(C(C)C)c(C(=O)O)o2)c1. The van der Waals surface area contributed by atoms with Crippen molar-refractivity contribution in [1.82, 2.24) is 4.98 Å². The average molecular weight is 289 g/mol. The van der Waals surface area contributed by atoms with Crippen LogP contribution >= 0.6 is 0 Å². The molecule has 0 radical (unpaired) electrons. The van der Waals surface area contributed by atoms with E-state index in [0.717, 1.165) is 0 Å². The summed E-state index contributed by atoms with van der Waals surface area (Å²) in [5.41, 5.74) is 1.15. The Morgan fingerprint density at radius 3 is 2.52 bits per heavy atom. The van der Waals surface area contributed by atoms with Crippen molar-refractivity contribution in [3.63, 3.8) is 0 Å².